The lowest BCUT2D eigenvalue weighted by Crippen LogP contribution is -2.43. The normalized spacial score (nSPS) is 20.6. The summed E-state index contributed by atoms with van der Waals surface area (Å²) in [6.07, 6.45) is 1.30. The van der Waals surface area contributed by atoms with E-state index < -0.39 is 12.0 Å². The minimum Gasteiger partial charge on any atom is -0.480 e. The standard InChI is InChI=1S/C14H18N2O3/c15-11-8-13(17)16(9-11)12(14(18)19)7-6-10-4-2-1-3-5-10/h1-5,11-12H,6-9,15H2,(H,18,19). The van der Waals surface area contributed by atoms with Gasteiger partial charge in [-0.25, -0.2) is 4.79 Å². The van der Waals surface area contributed by atoms with E-state index in [0.29, 0.717) is 19.4 Å². The molecule has 5 nitrogen and oxygen atoms in total. The summed E-state index contributed by atoms with van der Waals surface area (Å²) in [6.45, 7) is 0.338. The summed E-state index contributed by atoms with van der Waals surface area (Å²) in [6, 6.07) is 8.64. The monoisotopic (exact) mass is 262 g/mol. The lowest BCUT2D eigenvalue weighted by Gasteiger charge is -2.24. The molecule has 0 saturated carbocycles. The van der Waals surface area contributed by atoms with E-state index in [0.717, 1.165) is 5.56 Å². The Morgan fingerprint density at radius 2 is 2.11 bits per heavy atom. The fraction of sp³-hybridized carbons (Fsp3) is 0.429. The van der Waals surface area contributed by atoms with Gasteiger partial charge in [0.05, 0.1) is 0 Å². The number of carboxylic acids is 1. The van der Waals surface area contributed by atoms with Crippen LogP contribution in [0.4, 0.5) is 0 Å². The summed E-state index contributed by atoms with van der Waals surface area (Å²) in [4.78, 5) is 24.4. The number of hydrogen-bond donors (Lipinski definition) is 2. The van der Waals surface area contributed by atoms with E-state index in [1.807, 2.05) is 30.3 Å². The van der Waals surface area contributed by atoms with E-state index in [2.05, 4.69) is 0 Å². The molecule has 1 fully saturated rings. The van der Waals surface area contributed by atoms with Gasteiger partial charge in [-0.2, -0.15) is 0 Å². The Morgan fingerprint density at radius 3 is 2.63 bits per heavy atom. The highest BCUT2D eigenvalue weighted by atomic mass is 16.4. The highest BCUT2D eigenvalue weighted by molar-refractivity contribution is 5.85. The third-order valence-electron chi connectivity index (χ3n) is 3.40. The number of benzene rings is 1. The van der Waals surface area contributed by atoms with Crippen LogP contribution in [0.2, 0.25) is 0 Å². The van der Waals surface area contributed by atoms with Crippen LogP contribution in [0.5, 0.6) is 0 Å². The SMILES string of the molecule is NC1CC(=O)N(C(CCc2ccccc2)C(=O)O)C1. The van der Waals surface area contributed by atoms with Crippen LogP contribution in [-0.2, 0) is 16.0 Å². The zero-order valence-corrected chi connectivity index (χ0v) is 10.7. The number of carboxylic acid groups (broad SMARTS) is 1. The minimum absolute atomic E-state index is 0.159. The molecular formula is C14H18N2O3. The number of aliphatic carboxylic acids is 1. The third kappa shape index (κ3) is 3.32. The second-order valence-corrected chi connectivity index (χ2v) is 4.89. The molecule has 1 aliphatic rings. The number of hydrogen-bond acceptors (Lipinski definition) is 3. The molecule has 0 aliphatic carbocycles. The zero-order chi connectivity index (χ0) is 13.8. The molecule has 0 bridgehead atoms. The first kappa shape index (κ1) is 13.5. The number of aryl methyl sites for hydroxylation is 1. The Bertz CT molecular complexity index is 461. The molecule has 0 aromatic heterocycles. The summed E-state index contributed by atoms with van der Waals surface area (Å²) in [5, 5.41) is 9.28. The van der Waals surface area contributed by atoms with Crippen LogP contribution in [-0.4, -0.2) is 40.5 Å². The highest BCUT2D eigenvalue weighted by Gasteiger charge is 2.35. The highest BCUT2D eigenvalue weighted by Crippen LogP contribution is 2.17. The van der Waals surface area contributed by atoms with Crippen LogP contribution >= 0.6 is 0 Å². The zero-order valence-electron chi connectivity index (χ0n) is 10.7. The van der Waals surface area contributed by atoms with Gasteiger partial charge in [0.15, 0.2) is 0 Å². The molecule has 1 heterocycles. The Labute approximate surface area is 112 Å². The molecule has 3 N–H and O–H groups in total. The smallest absolute Gasteiger partial charge is 0.326 e. The molecule has 1 aliphatic heterocycles. The topological polar surface area (TPSA) is 83.6 Å². The van der Waals surface area contributed by atoms with Crippen molar-refractivity contribution in [1.29, 1.82) is 0 Å². The maximum atomic E-state index is 11.7. The molecule has 5 heteroatoms. The summed E-state index contributed by atoms with van der Waals surface area (Å²) in [7, 11) is 0. The average molecular weight is 262 g/mol. The lowest BCUT2D eigenvalue weighted by atomic mass is 10.0. The molecule has 0 spiro atoms. The molecule has 2 rings (SSSR count). The molecule has 2 unspecified atom stereocenters. The van der Waals surface area contributed by atoms with Crippen molar-refractivity contribution in [3.05, 3.63) is 35.9 Å². The van der Waals surface area contributed by atoms with Gasteiger partial charge in [0, 0.05) is 19.0 Å². The maximum Gasteiger partial charge on any atom is 0.326 e. The summed E-state index contributed by atoms with van der Waals surface area (Å²) < 4.78 is 0. The number of rotatable bonds is 5. The van der Waals surface area contributed by atoms with Crippen molar-refractivity contribution in [3.8, 4) is 0 Å². The van der Waals surface area contributed by atoms with Crippen molar-refractivity contribution in [3.63, 3.8) is 0 Å². The summed E-state index contributed by atoms with van der Waals surface area (Å²) in [5.41, 5.74) is 6.78. The van der Waals surface area contributed by atoms with Crippen LogP contribution in [0.3, 0.4) is 0 Å². The van der Waals surface area contributed by atoms with Crippen molar-refractivity contribution in [2.75, 3.05) is 6.54 Å². The fourth-order valence-electron chi connectivity index (χ4n) is 2.42. The van der Waals surface area contributed by atoms with Crippen LogP contribution in [0.25, 0.3) is 0 Å². The third-order valence-corrected chi connectivity index (χ3v) is 3.40. The van der Waals surface area contributed by atoms with Gasteiger partial charge in [-0.1, -0.05) is 30.3 Å². The van der Waals surface area contributed by atoms with Crippen LogP contribution < -0.4 is 5.73 Å². The van der Waals surface area contributed by atoms with Crippen molar-refractivity contribution in [1.82, 2.24) is 4.90 Å². The minimum atomic E-state index is -0.960. The molecular weight excluding hydrogens is 244 g/mol. The van der Waals surface area contributed by atoms with E-state index in [4.69, 9.17) is 5.73 Å². The maximum absolute atomic E-state index is 11.7. The predicted octanol–water partition coefficient (Wildman–Crippen LogP) is 0.632. The molecule has 1 aromatic carbocycles. The number of likely N-dealkylation sites (tertiary alicyclic amines) is 1. The largest absolute Gasteiger partial charge is 0.480 e. The number of nitrogens with two attached hydrogens (primary N) is 1. The summed E-state index contributed by atoms with van der Waals surface area (Å²) >= 11 is 0. The van der Waals surface area contributed by atoms with Crippen molar-refractivity contribution >= 4 is 11.9 Å². The number of carbonyl (C=O) groups excluding carboxylic acids is 1. The van der Waals surface area contributed by atoms with E-state index in [-0.39, 0.29) is 18.4 Å². The number of nitrogens with zero attached hydrogens (tertiary/aromatic N) is 1. The molecule has 1 amide bonds. The van der Waals surface area contributed by atoms with Gasteiger partial charge in [0.2, 0.25) is 5.91 Å². The van der Waals surface area contributed by atoms with Gasteiger partial charge in [-0.05, 0) is 18.4 Å². The van der Waals surface area contributed by atoms with Crippen molar-refractivity contribution in [2.45, 2.75) is 31.3 Å². The Balaban J connectivity index is 2.01. The molecule has 1 aromatic rings. The first-order chi connectivity index (χ1) is 9.08. The number of amides is 1. The molecule has 19 heavy (non-hydrogen) atoms. The van der Waals surface area contributed by atoms with Gasteiger partial charge < -0.3 is 15.7 Å². The van der Waals surface area contributed by atoms with Crippen molar-refractivity contribution < 1.29 is 14.7 Å². The van der Waals surface area contributed by atoms with Crippen LogP contribution in [0.1, 0.15) is 18.4 Å². The van der Waals surface area contributed by atoms with Crippen LogP contribution in [0.15, 0.2) is 30.3 Å². The molecule has 1 saturated heterocycles. The lowest BCUT2D eigenvalue weighted by molar-refractivity contribution is -0.148. The van der Waals surface area contributed by atoms with Crippen molar-refractivity contribution in [2.24, 2.45) is 5.73 Å². The summed E-state index contributed by atoms with van der Waals surface area (Å²) in [5.74, 6) is -1.12. The average Bonchev–Trinajstić information content (AvgIpc) is 2.70. The first-order valence-electron chi connectivity index (χ1n) is 6.39. The molecule has 102 valence electrons. The van der Waals surface area contributed by atoms with E-state index in [9.17, 15) is 14.7 Å². The van der Waals surface area contributed by atoms with Gasteiger partial charge in [-0.15, -0.1) is 0 Å². The predicted molar refractivity (Wildman–Crippen MR) is 70.5 cm³/mol. The second kappa shape index (κ2) is 5.84. The van der Waals surface area contributed by atoms with E-state index >= 15 is 0 Å². The van der Waals surface area contributed by atoms with Crippen LogP contribution in [0, 0.1) is 0 Å². The quantitative estimate of drug-likeness (QED) is 0.815. The number of carbonyl (C=O) groups is 2. The second-order valence-electron chi connectivity index (χ2n) is 4.89. The first-order valence-corrected chi connectivity index (χ1v) is 6.39. The molecule has 0 radical (unpaired) electrons. The van der Waals surface area contributed by atoms with Gasteiger partial charge >= 0.3 is 5.97 Å². The van der Waals surface area contributed by atoms with E-state index in [1.165, 1.54) is 4.90 Å². The Hall–Kier alpha value is -1.88. The van der Waals surface area contributed by atoms with Gasteiger partial charge in [-0.3, -0.25) is 4.79 Å². The van der Waals surface area contributed by atoms with Gasteiger partial charge in [0.1, 0.15) is 6.04 Å². The molecule has 2 atom stereocenters. The van der Waals surface area contributed by atoms with Gasteiger partial charge in [0.25, 0.3) is 0 Å². The fourth-order valence-corrected chi connectivity index (χ4v) is 2.42. The Kier molecular flexibility index (Phi) is 4.16. The Morgan fingerprint density at radius 1 is 1.42 bits per heavy atom. The van der Waals surface area contributed by atoms with E-state index in [1.54, 1.807) is 0 Å².